The van der Waals surface area contributed by atoms with Crippen LogP contribution in [0.1, 0.15) is 142 Å². The highest BCUT2D eigenvalue weighted by Crippen LogP contribution is 2.18. The zero-order valence-corrected chi connectivity index (χ0v) is 21.9. The first-order chi connectivity index (χ1) is 16.3. The SMILES string of the molecule is CCCCCCCCCCCCOc1cc(OCCCCCCCCCCCC)nc(N)n1. The average molecular weight is 464 g/mol. The van der Waals surface area contributed by atoms with Crippen molar-refractivity contribution in [3.05, 3.63) is 6.07 Å². The van der Waals surface area contributed by atoms with Crippen molar-refractivity contribution in [1.29, 1.82) is 0 Å². The van der Waals surface area contributed by atoms with E-state index in [1.807, 2.05) is 0 Å². The number of unbranched alkanes of at least 4 members (excludes halogenated alkanes) is 18. The molecule has 0 saturated carbocycles. The molecule has 0 radical (unpaired) electrons. The number of anilines is 1. The summed E-state index contributed by atoms with van der Waals surface area (Å²) in [7, 11) is 0. The largest absolute Gasteiger partial charge is 0.477 e. The summed E-state index contributed by atoms with van der Waals surface area (Å²) in [6.07, 6.45) is 26.3. The van der Waals surface area contributed by atoms with Gasteiger partial charge in [-0.25, -0.2) is 0 Å². The fraction of sp³-hybridized carbons (Fsp3) is 0.857. The Morgan fingerprint density at radius 1 is 0.515 bits per heavy atom. The molecule has 0 saturated heterocycles. The van der Waals surface area contributed by atoms with Gasteiger partial charge in [-0.2, -0.15) is 9.97 Å². The molecule has 33 heavy (non-hydrogen) atoms. The molecule has 0 aromatic carbocycles. The highest BCUT2D eigenvalue weighted by Gasteiger charge is 2.05. The topological polar surface area (TPSA) is 70.3 Å². The molecule has 0 fully saturated rings. The number of hydrogen-bond acceptors (Lipinski definition) is 5. The van der Waals surface area contributed by atoms with Crippen LogP contribution in [0.2, 0.25) is 0 Å². The Labute approximate surface area is 204 Å². The number of aromatic nitrogens is 2. The van der Waals surface area contributed by atoms with Gasteiger partial charge < -0.3 is 15.2 Å². The Kier molecular flexibility index (Phi) is 19.9. The summed E-state index contributed by atoms with van der Waals surface area (Å²) < 4.78 is 11.6. The van der Waals surface area contributed by atoms with E-state index in [0.717, 1.165) is 12.8 Å². The van der Waals surface area contributed by atoms with E-state index in [2.05, 4.69) is 23.8 Å². The zero-order valence-electron chi connectivity index (χ0n) is 21.9. The third kappa shape index (κ3) is 18.6. The second-order valence-corrected chi connectivity index (χ2v) is 9.46. The quantitative estimate of drug-likeness (QED) is 0.155. The third-order valence-corrected chi connectivity index (χ3v) is 6.19. The van der Waals surface area contributed by atoms with E-state index in [1.165, 1.54) is 116 Å². The van der Waals surface area contributed by atoms with E-state index in [0.29, 0.717) is 25.0 Å². The van der Waals surface area contributed by atoms with Gasteiger partial charge in [0.15, 0.2) is 0 Å². The van der Waals surface area contributed by atoms with Gasteiger partial charge in [-0.05, 0) is 12.8 Å². The second-order valence-electron chi connectivity index (χ2n) is 9.46. The van der Waals surface area contributed by atoms with Crippen molar-refractivity contribution in [3.8, 4) is 11.8 Å². The fourth-order valence-corrected chi connectivity index (χ4v) is 4.10. The predicted octanol–water partition coefficient (Wildman–Crippen LogP) is 8.66. The maximum atomic E-state index is 5.83. The normalized spacial score (nSPS) is 11.1. The van der Waals surface area contributed by atoms with Gasteiger partial charge in [-0.1, -0.05) is 129 Å². The van der Waals surface area contributed by atoms with Gasteiger partial charge in [0.1, 0.15) is 0 Å². The highest BCUT2D eigenvalue weighted by molar-refractivity contribution is 5.29. The molecule has 1 heterocycles. The molecule has 192 valence electrons. The maximum Gasteiger partial charge on any atom is 0.226 e. The lowest BCUT2D eigenvalue weighted by molar-refractivity contribution is 0.275. The molecular formula is C28H53N3O2. The summed E-state index contributed by atoms with van der Waals surface area (Å²) in [5.74, 6) is 1.27. The third-order valence-electron chi connectivity index (χ3n) is 6.19. The maximum absolute atomic E-state index is 5.83. The van der Waals surface area contributed by atoms with E-state index in [9.17, 15) is 0 Å². The second kappa shape index (κ2) is 22.3. The van der Waals surface area contributed by atoms with Crippen LogP contribution in [-0.2, 0) is 0 Å². The molecule has 5 nitrogen and oxygen atoms in total. The van der Waals surface area contributed by atoms with Crippen LogP contribution in [0.25, 0.3) is 0 Å². The van der Waals surface area contributed by atoms with Crippen LogP contribution in [0.5, 0.6) is 11.8 Å². The lowest BCUT2D eigenvalue weighted by Gasteiger charge is -2.09. The average Bonchev–Trinajstić information content (AvgIpc) is 2.80. The van der Waals surface area contributed by atoms with Crippen molar-refractivity contribution in [3.63, 3.8) is 0 Å². The van der Waals surface area contributed by atoms with Crippen molar-refractivity contribution < 1.29 is 9.47 Å². The molecule has 0 bridgehead atoms. The summed E-state index contributed by atoms with van der Waals surface area (Å²) in [4.78, 5) is 8.37. The lowest BCUT2D eigenvalue weighted by atomic mass is 10.1. The molecule has 5 heteroatoms. The molecule has 1 rings (SSSR count). The van der Waals surface area contributed by atoms with Crippen molar-refractivity contribution in [1.82, 2.24) is 9.97 Å². The number of nitrogen functional groups attached to an aromatic ring is 1. The number of nitrogens with two attached hydrogens (primary N) is 1. The molecule has 2 N–H and O–H groups in total. The summed E-state index contributed by atoms with van der Waals surface area (Å²) in [6, 6.07) is 1.77. The number of nitrogens with zero attached hydrogens (tertiary/aromatic N) is 2. The number of hydrogen-bond donors (Lipinski definition) is 1. The van der Waals surface area contributed by atoms with Crippen LogP contribution in [0.3, 0.4) is 0 Å². The molecule has 1 aromatic rings. The van der Waals surface area contributed by atoms with Crippen molar-refractivity contribution in [2.45, 2.75) is 142 Å². The Hall–Kier alpha value is -1.52. The van der Waals surface area contributed by atoms with Crippen LogP contribution in [0.4, 0.5) is 5.95 Å². The Balaban J connectivity index is 2.02. The standard InChI is InChI=1S/C28H53N3O2/c1-3-5-7-9-11-13-15-17-19-21-23-32-26-25-27(31-28(29)30-26)33-24-22-20-18-16-14-12-10-8-6-4-2/h25H,3-24H2,1-2H3,(H2,29,30,31). The Bertz CT molecular complexity index is 510. The van der Waals surface area contributed by atoms with Crippen LogP contribution in [0, 0.1) is 0 Å². The van der Waals surface area contributed by atoms with E-state index < -0.39 is 0 Å². The molecule has 0 amide bonds. The van der Waals surface area contributed by atoms with Crippen LogP contribution < -0.4 is 15.2 Å². The minimum Gasteiger partial charge on any atom is -0.477 e. The lowest BCUT2D eigenvalue weighted by Crippen LogP contribution is -2.06. The van der Waals surface area contributed by atoms with E-state index in [1.54, 1.807) is 6.07 Å². The van der Waals surface area contributed by atoms with E-state index in [4.69, 9.17) is 15.2 Å². The Morgan fingerprint density at radius 3 is 1.15 bits per heavy atom. The zero-order chi connectivity index (χ0) is 23.8. The minimum atomic E-state index is 0.216. The predicted molar refractivity (Wildman–Crippen MR) is 141 cm³/mol. The fourth-order valence-electron chi connectivity index (χ4n) is 4.10. The molecule has 0 unspecified atom stereocenters. The summed E-state index contributed by atoms with van der Waals surface area (Å²) in [5.41, 5.74) is 5.83. The monoisotopic (exact) mass is 463 g/mol. The van der Waals surface area contributed by atoms with Gasteiger partial charge >= 0.3 is 0 Å². The first-order valence-corrected chi connectivity index (χ1v) is 14.2. The molecule has 0 aliphatic rings. The molecule has 0 aliphatic heterocycles. The number of rotatable bonds is 24. The van der Waals surface area contributed by atoms with Crippen molar-refractivity contribution in [2.24, 2.45) is 0 Å². The highest BCUT2D eigenvalue weighted by atomic mass is 16.5. The molecule has 1 aromatic heterocycles. The molecule has 0 aliphatic carbocycles. The molecule has 0 spiro atoms. The summed E-state index contributed by atoms with van der Waals surface area (Å²) in [5, 5.41) is 0. The summed E-state index contributed by atoms with van der Waals surface area (Å²) in [6.45, 7) is 5.88. The van der Waals surface area contributed by atoms with Gasteiger partial charge in [0.25, 0.3) is 0 Å². The van der Waals surface area contributed by atoms with E-state index >= 15 is 0 Å². The van der Waals surface area contributed by atoms with E-state index in [-0.39, 0.29) is 5.95 Å². The van der Waals surface area contributed by atoms with Gasteiger partial charge in [0.2, 0.25) is 17.7 Å². The van der Waals surface area contributed by atoms with Gasteiger partial charge in [0, 0.05) is 0 Å². The van der Waals surface area contributed by atoms with Gasteiger partial charge in [-0.3, -0.25) is 0 Å². The number of ether oxygens (including phenoxy) is 2. The van der Waals surface area contributed by atoms with Crippen LogP contribution in [-0.4, -0.2) is 23.2 Å². The van der Waals surface area contributed by atoms with Gasteiger partial charge in [0.05, 0.1) is 19.3 Å². The smallest absolute Gasteiger partial charge is 0.226 e. The van der Waals surface area contributed by atoms with Gasteiger partial charge in [-0.15, -0.1) is 0 Å². The van der Waals surface area contributed by atoms with Crippen molar-refractivity contribution in [2.75, 3.05) is 18.9 Å². The van der Waals surface area contributed by atoms with Crippen molar-refractivity contribution >= 4 is 5.95 Å². The molecule has 0 atom stereocenters. The summed E-state index contributed by atoms with van der Waals surface area (Å²) >= 11 is 0. The Morgan fingerprint density at radius 2 is 0.818 bits per heavy atom. The van der Waals surface area contributed by atoms with Crippen LogP contribution >= 0.6 is 0 Å². The molecular weight excluding hydrogens is 410 g/mol. The van der Waals surface area contributed by atoms with Crippen LogP contribution in [0.15, 0.2) is 6.07 Å². The first-order valence-electron chi connectivity index (χ1n) is 14.2. The first kappa shape index (κ1) is 29.5. The minimum absolute atomic E-state index is 0.216.